The van der Waals surface area contributed by atoms with Crippen LogP contribution in [0.3, 0.4) is 0 Å². The summed E-state index contributed by atoms with van der Waals surface area (Å²) in [6, 6.07) is 10.0. The van der Waals surface area contributed by atoms with Crippen LogP contribution >= 0.6 is 34.8 Å². The first-order chi connectivity index (χ1) is 8.99. The van der Waals surface area contributed by atoms with Gasteiger partial charge in [0.15, 0.2) is 0 Å². The van der Waals surface area contributed by atoms with Gasteiger partial charge < -0.3 is 5.73 Å². The predicted molar refractivity (Wildman–Crippen MR) is 82.4 cm³/mol. The van der Waals surface area contributed by atoms with E-state index in [0.717, 1.165) is 0 Å². The summed E-state index contributed by atoms with van der Waals surface area (Å²) in [6.07, 6.45) is 0. The van der Waals surface area contributed by atoms with Crippen molar-refractivity contribution >= 4 is 51.3 Å². The molecule has 2 rings (SSSR count). The van der Waals surface area contributed by atoms with Crippen LogP contribution in [0.5, 0.6) is 0 Å². The lowest BCUT2D eigenvalue weighted by Crippen LogP contribution is -2.02. The largest absolute Gasteiger partial charge is 0.398 e. The molecule has 100 valence electrons. The van der Waals surface area contributed by atoms with Gasteiger partial charge in [-0.2, -0.15) is 0 Å². The van der Waals surface area contributed by atoms with Crippen LogP contribution in [-0.2, 0) is 16.6 Å². The molecule has 0 heterocycles. The Balaban J connectivity index is 2.34. The Morgan fingerprint density at radius 2 is 1.79 bits per heavy atom. The molecule has 0 amide bonds. The molecule has 0 saturated heterocycles. The Morgan fingerprint density at radius 1 is 1.05 bits per heavy atom. The van der Waals surface area contributed by atoms with Crippen LogP contribution in [0.25, 0.3) is 0 Å². The molecule has 0 spiro atoms. The maximum atomic E-state index is 12.3. The monoisotopic (exact) mass is 333 g/mol. The van der Waals surface area contributed by atoms with Gasteiger partial charge in [0.1, 0.15) is 0 Å². The van der Waals surface area contributed by atoms with Gasteiger partial charge in [-0.15, -0.1) is 0 Å². The van der Waals surface area contributed by atoms with Crippen molar-refractivity contribution in [3.05, 3.63) is 57.0 Å². The van der Waals surface area contributed by atoms with Gasteiger partial charge in [-0.3, -0.25) is 4.21 Å². The van der Waals surface area contributed by atoms with Gasteiger partial charge in [-0.1, -0.05) is 40.9 Å². The maximum Gasteiger partial charge on any atom is 0.0592 e. The average molecular weight is 335 g/mol. The predicted octanol–water partition coefficient (Wildman–Crippen LogP) is 4.54. The van der Waals surface area contributed by atoms with Crippen LogP contribution < -0.4 is 5.73 Å². The lowest BCUT2D eigenvalue weighted by molar-refractivity contribution is 0.682. The fraction of sp³-hybridized carbons (Fsp3) is 0.0769. The minimum absolute atomic E-state index is 0.200. The highest BCUT2D eigenvalue weighted by atomic mass is 35.5. The van der Waals surface area contributed by atoms with Crippen molar-refractivity contribution < 1.29 is 4.21 Å². The molecule has 0 aliphatic heterocycles. The summed E-state index contributed by atoms with van der Waals surface area (Å²) < 4.78 is 12.3. The van der Waals surface area contributed by atoms with E-state index in [9.17, 15) is 4.21 Å². The number of nitrogen functional groups attached to an aromatic ring is 1. The third-order valence-corrected chi connectivity index (χ3v) is 4.98. The van der Waals surface area contributed by atoms with Gasteiger partial charge in [0.05, 0.1) is 26.5 Å². The Hall–Kier alpha value is -0.740. The van der Waals surface area contributed by atoms with Crippen molar-refractivity contribution in [2.75, 3.05) is 5.73 Å². The van der Waals surface area contributed by atoms with Crippen molar-refractivity contribution in [1.82, 2.24) is 0 Å². The number of nitrogens with two attached hydrogens (primary N) is 1. The summed E-state index contributed by atoms with van der Waals surface area (Å²) in [5, 5.41) is 1.39. The number of hydrogen-bond acceptors (Lipinski definition) is 2. The van der Waals surface area contributed by atoms with Crippen LogP contribution in [0.1, 0.15) is 5.56 Å². The molecule has 19 heavy (non-hydrogen) atoms. The average Bonchev–Trinajstić information content (AvgIpc) is 2.37. The van der Waals surface area contributed by atoms with Crippen LogP contribution in [0.15, 0.2) is 41.3 Å². The van der Waals surface area contributed by atoms with Gasteiger partial charge in [-0.05, 0) is 30.3 Å². The fourth-order valence-corrected chi connectivity index (χ4v) is 3.81. The molecule has 0 radical (unpaired) electrons. The molecule has 2 N–H and O–H groups in total. The number of rotatable bonds is 3. The molecule has 6 heteroatoms. The SMILES string of the molecule is Nc1cccc(Cl)c1CS(=O)c1cc(Cl)ccc1Cl. The summed E-state index contributed by atoms with van der Waals surface area (Å²) in [4.78, 5) is 0.480. The molecule has 1 atom stereocenters. The first-order valence-electron chi connectivity index (χ1n) is 5.35. The van der Waals surface area contributed by atoms with Crippen LogP contribution in [-0.4, -0.2) is 4.21 Å². The van der Waals surface area contributed by atoms with E-state index in [-0.39, 0.29) is 5.75 Å². The van der Waals surface area contributed by atoms with Crippen molar-refractivity contribution in [2.24, 2.45) is 0 Å². The van der Waals surface area contributed by atoms with E-state index in [1.807, 2.05) is 0 Å². The normalized spacial score (nSPS) is 12.4. The van der Waals surface area contributed by atoms with E-state index < -0.39 is 10.8 Å². The molecular formula is C13H10Cl3NOS. The molecule has 0 aliphatic carbocycles. The van der Waals surface area contributed by atoms with Crippen molar-refractivity contribution in [1.29, 1.82) is 0 Å². The summed E-state index contributed by atoms with van der Waals surface area (Å²) in [6.45, 7) is 0. The smallest absolute Gasteiger partial charge is 0.0592 e. The van der Waals surface area contributed by atoms with E-state index in [0.29, 0.717) is 31.2 Å². The van der Waals surface area contributed by atoms with Crippen molar-refractivity contribution in [3.8, 4) is 0 Å². The molecule has 2 nitrogen and oxygen atoms in total. The lowest BCUT2D eigenvalue weighted by Gasteiger charge is -2.09. The van der Waals surface area contributed by atoms with Crippen molar-refractivity contribution in [3.63, 3.8) is 0 Å². The van der Waals surface area contributed by atoms with Gasteiger partial charge in [-0.25, -0.2) is 0 Å². The highest BCUT2D eigenvalue weighted by molar-refractivity contribution is 7.84. The fourth-order valence-electron chi connectivity index (χ4n) is 1.59. The molecule has 0 saturated carbocycles. The number of hydrogen-bond donors (Lipinski definition) is 1. The first-order valence-corrected chi connectivity index (χ1v) is 7.80. The summed E-state index contributed by atoms with van der Waals surface area (Å²) in [5.74, 6) is 0.200. The van der Waals surface area contributed by atoms with Crippen LogP contribution in [0.2, 0.25) is 15.1 Å². The second-order valence-electron chi connectivity index (χ2n) is 3.87. The topological polar surface area (TPSA) is 43.1 Å². The molecule has 0 fully saturated rings. The van der Waals surface area contributed by atoms with Gasteiger partial charge in [0.2, 0.25) is 0 Å². The highest BCUT2D eigenvalue weighted by Crippen LogP contribution is 2.29. The summed E-state index contributed by atoms with van der Waals surface area (Å²) in [7, 11) is -1.36. The molecule has 1 unspecified atom stereocenters. The third-order valence-electron chi connectivity index (χ3n) is 2.57. The number of anilines is 1. The van der Waals surface area contributed by atoms with E-state index in [1.54, 1.807) is 36.4 Å². The zero-order valence-electron chi connectivity index (χ0n) is 9.70. The van der Waals surface area contributed by atoms with E-state index in [1.165, 1.54) is 0 Å². The van der Waals surface area contributed by atoms with E-state index >= 15 is 0 Å². The van der Waals surface area contributed by atoms with Crippen LogP contribution in [0, 0.1) is 0 Å². The van der Waals surface area contributed by atoms with Crippen LogP contribution in [0.4, 0.5) is 5.69 Å². The Labute approximate surface area is 128 Å². The zero-order valence-corrected chi connectivity index (χ0v) is 12.8. The molecule has 0 bridgehead atoms. The zero-order chi connectivity index (χ0) is 14.0. The van der Waals surface area contributed by atoms with Gasteiger partial charge >= 0.3 is 0 Å². The summed E-state index contributed by atoms with van der Waals surface area (Å²) >= 11 is 18.0. The number of halogens is 3. The number of benzene rings is 2. The maximum absolute atomic E-state index is 12.3. The molecule has 2 aromatic carbocycles. The Morgan fingerprint density at radius 3 is 2.47 bits per heavy atom. The van der Waals surface area contributed by atoms with E-state index in [4.69, 9.17) is 40.5 Å². The second kappa shape index (κ2) is 6.14. The highest BCUT2D eigenvalue weighted by Gasteiger charge is 2.14. The molecule has 0 aromatic heterocycles. The Bertz CT molecular complexity index is 626. The van der Waals surface area contributed by atoms with Gasteiger partial charge in [0, 0.05) is 21.3 Å². The Kier molecular flexibility index (Phi) is 4.74. The van der Waals surface area contributed by atoms with Crippen molar-refractivity contribution in [2.45, 2.75) is 10.6 Å². The first kappa shape index (κ1) is 14.7. The quantitative estimate of drug-likeness (QED) is 0.838. The van der Waals surface area contributed by atoms with Gasteiger partial charge in [0.25, 0.3) is 0 Å². The third kappa shape index (κ3) is 3.42. The molecule has 0 aliphatic rings. The minimum atomic E-state index is -1.36. The summed E-state index contributed by atoms with van der Waals surface area (Å²) in [5.41, 5.74) is 7.00. The lowest BCUT2D eigenvalue weighted by atomic mass is 10.2. The molecule has 2 aromatic rings. The minimum Gasteiger partial charge on any atom is -0.398 e. The van der Waals surface area contributed by atoms with E-state index in [2.05, 4.69) is 0 Å². The second-order valence-corrected chi connectivity index (χ2v) is 6.54. The molecular weight excluding hydrogens is 325 g/mol. The standard InChI is InChI=1S/C13H10Cl3NOS/c14-8-4-5-11(16)13(6-8)19(18)7-9-10(15)2-1-3-12(9)17/h1-6H,7,17H2.